The SMILES string of the molecule is CC(=O)OCOC(=O)CCc1ccc(-c2ccc(CC(C)C)cc2)cc1. The minimum Gasteiger partial charge on any atom is -0.428 e. The molecule has 0 saturated heterocycles. The van der Waals surface area contributed by atoms with Crippen LogP contribution in [0.25, 0.3) is 11.1 Å². The van der Waals surface area contributed by atoms with Gasteiger partial charge in [-0.25, -0.2) is 0 Å². The molecule has 0 aliphatic carbocycles. The highest BCUT2D eigenvalue weighted by Crippen LogP contribution is 2.21. The summed E-state index contributed by atoms with van der Waals surface area (Å²) < 4.78 is 9.40. The van der Waals surface area contributed by atoms with E-state index in [1.54, 1.807) is 0 Å². The van der Waals surface area contributed by atoms with Crippen molar-refractivity contribution in [2.75, 3.05) is 6.79 Å². The lowest BCUT2D eigenvalue weighted by molar-refractivity contribution is -0.165. The van der Waals surface area contributed by atoms with Gasteiger partial charge in [-0.15, -0.1) is 0 Å². The second-order valence-corrected chi connectivity index (χ2v) is 6.76. The summed E-state index contributed by atoms with van der Waals surface area (Å²) in [4.78, 5) is 22.2. The quantitative estimate of drug-likeness (QED) is 0.515. The van der Waals surface area contributed by atoms with E-state index >= 15 is 0 Å². The minimum absolute atomic E-state index is 0.254. The van der Waals surface area contributed by atoms with Crippen LogP contribution in [0.5, 0.6) is 0 Å². The molecule has 138 valence electrons. The molecule has 0 aliphatic rings. The first kappa shape index (κ1) is 19.7. The van der Waals surface area contributed by atoms with Crippen molar-refractivity contribution < 1.29 is 19.1 Å². The van der Waals surface area contributed by atoms with Gasteiger partial charge in [-0.1, -0.05) is 62.4 Å². The zero-order chi connectivity index (χ0) is 18.9. The summed E-state index contributed by atoms with van der Waals surface area (Å²) in [5, 5.41) is 0. The second kappa shape index (κ2) is 9.76. The van der Waals surface area contributed by atoms with Crippen LogP contribution in [0, 0.1) is 5.92 Å². The summed E-state index contributed by atoms with van der Waals surface area (Å²) in [6, 6.07) is 16.9. The van der Waals surface area contributed by atoms with E-state index in [4.69, 9.17) is 4.74 Å². The smallest absolute Gasteiger partial charge is 0.308 e. The van der Waals surface area contributed by atoms with Crippen molar-refractivity contribution in [2.24, 2.45) is 5.92 Å². The average molecular weight is 354 g/mol. The van der Waals surface area contributed by atoms with Gasteiger partial charge in [0.15, 0.2) is 0 Å². The zero-order valence-electron chi connectivity index (χ0n) is 15.7. The van der Waals surface area contributed by atoms with E-state index in [9.17, 15) is 9.59 Å². The van der Waals surface area contributed by atoms with E-state index in [2.05, 4.69) is 55.0 Å². The Morgan fingerprint density at radius 3 is 1.88 bits per heavy atom. The lowest BCUT2D eigenvalue weighted by atomic mass is 9.98. The molecule has 4 heteroatoms. The van der Waals surface area contributed by atoms with Crippen LogP contribution in [-0.2, 0) is 31.9 Å². The molecule has 2 rings (SSSR count). The molecule has 26 heavy (non-hydrogen) atoms. The van der Waals surface area contributed by atoms with Crippen LogP contribution in [0.1, 0.15) is 38.3 Å². The van der Waals surface area contributed by atoms with E-state index in [1.165, 1.54) is 18.1 Å². The number of benzene rings is 2. The lowest BCUT2D eigenvalue weighted by Crippen LogP contribution is -2.11. The molecule has 0 N–H and O–H groups in total. The number of ether oxygens (including phenoxy) is 2. The molecule has 0 saturated carbocycles. The Bertz CT molecular complexity index is 715. The molecule has 0 fully saturated rings. The lowest BCUT2D eigenvalue weighted by Gasteiger charge is -2.08. The van der Waals surface area contributed by atoms with E-state index < -0.39 is 5.97 Å². The maximum absolute atomic E-state index is 11.6. The predicted octanol–water partition coefficient (Wildman–Crippen LogP) is 4.55. The van der Waals surface area contributed by atoms with Crippen molar-refractivity contribution in [3.8, 4) is 11.1 Å². The summed E-state index contributed by atoms with van der Waals surface area (Å²) in [5.41, 5.74) is 4.76. The number of carbonyl (C=O) groups is 2. The highest BCUT2D eigenvalue weighted by molar-refractivity contribution is 5.70. The topological polar surface area (TPSA) is 52.6 Å². The normalized spacial score (nSPS) is 10.6. The van der Waals surface area contributed by atoms with Crippen LogP contribution in [0.2, 0.25) is 0 Å². The van der Waals surface area contributed by atoms with Gasteiger partial charge in [0.2, 0.25) is 6.79 Å². The molecule has 0 spiro atoms. The summed E-state index contributed by atoms with van der Waals surface area (Å²) in [6.45, 7) is 5.39. The van der Waals surface area contributed by atoms with Gasteiger partial charge in [0.1, 0.15) is 0 Å². The third-order valence-corrected chi connectivity index (χ3v) is 3.99. The molecule has 0 unspecified atom stereocenters. The molecule has 0 amide bonds. The van der Waals surface area contributed by atoms with Gasteiger partial charge in [-0.05, 0) is 41.0 Å². The van der Waals surface area contributed by atoms with Crippen molar-refractivity contribution in [2.45, 2.75) is 40.0 Å². The molecule has 0 radical (unpaired) electrons. The van der Waals surface area contributed by atoms with Crippen molar-refractivity contribution in [1.29, 1.82) is 0 Å². The summed E-state index contributed by atoms with van der Waals surface area (Å²) in [6.07, 6.45) is 1.93. The number of carbonyl (C=O) groups excluding carboxylic acids is 2. The first-order chi connectivity index (χ1) is 12.4. The van der Waals surface area contributed by atoms with Crippen LogP contribution >= 0.6 is 0 Å². The first-order valence-corrected chi connectivity index (χ1v) is 8.91. The maximum Gasteiger partial charge on any atom is 0.308 e. The largest absolute Gasteiger partial charge is 0.428 e. The highest BCUT2D eigenvalue weighted by atomic mass is 16.7. The van der Waals surface area contributed by atoms with Crippen LogP contribution in [0.4, 0.5) is 0 Å². The first-order valence-electron chi connectivity index (χ1n) is 8.91. The fraction of sp³-hybridized carbons (Fsp3) is 0.364. The van der Waals surface area contributed by atoms with Crippen molar-refractivity contribution in [3.63, 3.8) is 0 Å². The molecule has 0 atom stereocenters. The fourth-order valence-electron chi connectivity index (χ4n) is 2.67. The average Bonchev–Trinajstić information content (AvgIpc) is 2.60. The Labute approximate surface area is 155 Å². The standard InChI is InChI=1S/C22H26O4/c1-16(2)14-19-6-11-21(12-7-19)20-9-4-18(5-10-20)8-13-22(24)26-15-25-17(3)23/h4-7,9-12,16H,8,13-15H2,1-3H3. The minimum atomic E-state index is -0.467. The zero-order valence-corrected chi connectivity index (χ0v) is 15.7. The fourth-order valence-corrected chi connectivity index (χ4v) is 2.67. The number of aryl methyl sites for hydroxylation is 1. The number of esters is 2. The Morgan fingerprint density at radius 2 is 1.38 bits per heavy atom. The Balaban J connectivity index is 1.86. The molecule has 0 aliphatic heterocycles. The number of hydrogen-bond acceptors (Lipinski definition) is 4. The molecule has 0 heterocycles. The predicted molar refractivity (Wildman–Crippen MR) is 101 cm³/mol. The van der Waals surface area contributed by atoms with Gasteiger partial charge in [0, 0.05) is 13.3 Å². The summed E-state index contributed by atoms with van der Waals surface area (Å²) in [5.74, 6) is -0.192. The molecule has 0 aromatic heterocycles. The second-order valence-electron chi connectivity index (χ2n) is 6.76. The molecule has 0 bridgehead atoms. The van der Waals surface area contributed by atoms with Gasteiger partial charge < -0.3 is 9.47 Å². The van der Waals surface area contributed by atoms with Gasteiger partial charge >= 0.3 is 11.9 Å². The molecular weight excluding hydrogens is 328 g/mol. The summed E-state index contributed by atoms with van der Waals surface area (Å²) in [7, 11) is 0. The number of hydrogen-bond donors (Lipinski definition) is 0. The Morgan fingerprint density at radius 1 is 0.846 bits per heavy atom. The van der Waals surface area contributed by atoms with E-state index in [1.807, 2.05) is 12.1 Å². The maximum atomic E-state index is 11.6. The van der Waals surface area contributed by atoms with Gasteiger partial charge in [-0.3, -0.25) is 9.59 Å². The molecular formula is C22H26O4. The van der Waals surface area contributed by atoms with E-state index in [0.29, 0.717) is 12.3 Å². The van der Waals surface area contributed by atoms with Crippen molar-refractivity contribution >= 4 is 11.9 Å². The van der Waals surface area contributed by atoms with Crippen LogP contribution in [-0.4, -0.2) is 18.7 Å². The van der Waals surface area contributed by atoms with E-state index in [0.717, 1.165) is 17.5 Å². The van der Waals surface area contributed by atoms with Gasteiger partial charge in [0.25, 0.3) is 0 Å². The van der Waals surface area contributed by atoms with Crippen LogP contribution < -0.4 is 0 Å². The Hall–Kier alpha value is -2.62. The van der Waals surface area contributed by atoms with Crippen molar-refractivity contribution in [1.82, 2.24) is 0 Å². The van der Waals surface area contributed by atoms with Crippen molar-refractivity contribution in [3.05, 3.63) is 59.7 Å². The van der Waals surface area contributed by atoms with E-state index in [-0.39, 0.29) is 19.2 Å². The third-order valence-electron chi connectivity index (χ3n) is 3.99. The van der Waals surface area contributed by atoms with Gasteiger partial charge in [0.05, 0.1) is 0 Å². The third kappa shape index (κ3) is 6.71. The Kier molecular flexibility index (Phi) is 7.39. The van der Waals surface area contributed by atoms with Gasteiger partial charge in [-0.2, -0.15) is 0 Å². The molecule has 2 aromatic rings. The van der Waals surface area contributed by atoms with Crippen LogP contribution in [0.15, 0.2) is 48.5 Å². The highest BCUT2D eigenvalue weighted by Gasteiger charge is 2.06. The molecule has 2 aromatic carbocycles. The molecule has 4 nitrogen and oxygen atoms in total. The van der Waals surface area contributed by atoms with Crippen LogP contribution in [0.3, 0.4) is 0 Å². The summed E-state index contributed by atoms with van der Waals surface area (Å²) >= 11 is 0. The number of rotatable bonds is 8. The monoisotopic (exact) mass is 354 g/mol.